The molecule has 1 fully saturated rings. The first-order valence-electron chi connectivity index (χ1n) is 11.2. The summed E-state index contributed by atoms with van der Waals surface area (Å²) >= 11 is 0. The van der Waals surface area contributed by atoms with Gasteiger partial charge < -0.3 is 0 Å². The fourth-order valence-corrected chi connectivity index (χ4v) is 4.41. The first kappa shape index (κ1) is 20.8. The van der Waals surface area contributed by atoms with Gasteiger partial charge in [-0.1, -0.05) is 6.92 Å². The van der Waals surface area contributed by atoms with Crippen LogP contribution >= 0.6 is 0 Å². The zero-order valence-corrected chi connectivity index (χ0v) is 18.8. The lowest BCUT2D eigenvalue weighted by molar-refractivity contribution is 0.105. The van der Waals surface area contributed by atoms with Gasteiger partial charge in [-0.3, -0.25) is 14.6 Å². The lowest BCUT2D eigenvalue weighted by atomic mass is 10.0. The summed E-state index contributed by atoms with van der Waals surface area (Å²) in [6.45, 7) is 6.94. The third-order valence-electron chi connectivity index (χ3n) is 6.46. The van der Waals surface area contributed by atoms with Crippen LogP contribution in [-0.2, 0) is 6.42 Å². The van der Waals surface area contributed by atoms with Crippen LogP contribution in [0.25, 0.3) is 27.7 Å². The van der Waals surface area contributed by atoms with Gasteiger partial charge in [0.1, 0.15) is 11.6 Å². The second-order valence-corrected chi connectivity index (χ2v) is 8.69. The lowest BCUT2D eigenvalue weighted by Gasteiger charge is -2.38. The molecule has 0 atom stereocenters. The summed E-state index contributed by atoms with van der Waals surface area (Å²) in [5.41, 5.74) is 3.02. The molecule has 172 valence electrons. The highest BCUT2D eigenvalue weighted by molar-refractivity contribution is 5.84. The minimum atomic E-state index is -0.673. The van der Waals surface area contributed by atoms with Crippen molar-refractivity contribution >= 4 is 16.6 Å². The zero-order valence-electron chi connectivity index (χ0n) is 18.8. The number of halogens is 2. The van der Waals surface area contributed by atoms with E-state index in [1.54, 1.807) is 24.5 Å². The summed E-state index contributed by atoms with van der Waals surface area (Å²) in [6.07, 6.45) is 5.26. The number of pyridine rings is 1. The highest BCUT2D eigenvalue weighted by Gasteiger charge is 2.27. The Hall–Kier alpha value is -3.79. The van der Waals surface area contributed by atoms with Crippen LogP contribution in [0.1, 0.15) is 30.0 Å². The normalized spacial score (nSPS) is 14.8. The Bertz CT molecular complexity index is 1530. The van der Waals surface area contributed by atoms with Crippen LogP contribution in [0.3, 0.4) is 0 Å². The van der Waals surface area contributed by atoms with E-state index in [9.17, 15) is 4.39 Å². The molecule has 10 heteroatoms. The topological polar surface area (TPSA) is 77.0 Å². The van der Waals surface area contributed by atoms with Crippen LogP contribution in [0.4, 0.5) is 8.78 Å². The van der Waals surface area contributed by atoms with E-state index < -0.39 is 11.6 Å². The van der Waals surface area contributed by atoms with Crippen molar-refractivity contribution in [1.29, 1.82) is 0 Å². The molecule has 0 aliphatic carbocycles. The molecule has 0 bridgehead atoms. The predicted molar refractivity (Wildman–Crippen MR) is 122 cm³/mol. The van der Waals surface area contributed by atoms with E-state index in [-0.39, 0.29) is 22.9 Å². The van der Waals surface area contributed by atoms with Crippen LogP contribution in [0.15, 0.2) is 42.9 Å². The van der Waals surface area contributed by atoms with Gasteiger partial charge in [0.15, 0.2) is 11.5 Å². The molecule has 4 aromatic heterocycles. The SMILES string of the molecule is CCN1CC(n2cc(-c3cnc4cc(F)c(Cc5nnc6ccc(C)nn56)c(F)c4c3)cn2)C1. The van der Waals surface area contributed by atoms with Crippen molar-refractivity contribution in [3.63, 3.8) is 0 Å². The molecule has 6 rings (SSSR count). The van der Waals surface area contributed by atoms with Gasteiger partial charge in [0.2, 0.25) is 0 Å². The summed E-state index contributed by atoms with van der Waals surface area (Å²) in [4.78, 5) is 6.66. The summed E-state index contributed by atoms with van der Waals surface area (Å²) in [6, 6.07) is 6.88. The number of fused-ring (bicyclic) bond motifs is 2. The number of hydrogen-bond donors (Lipinski definition) is 0. The molecule has 1 aliphatic heterocycles. The number of hydrogen-bond acceptors (Lipinski definition) is 6. The van der Waals surface area contributed by atoms with E-state index in [1.165, 1.54) is 10.6 Å². The largest absolute Gasteiger partial charge is 0.299 e. The molecule has 0 amide bonds. The van der Waals surface area contributed by atoms with Gasteiger partial charge in [-0.2, -0.15) is 14.7 Å². The Morgan fingerprint density at radius 2 is 1.91 bits per heavy atom. The van der Waals surface area contributed by atoms with Crippen molar-refractivity contribution in [2.24, 2.45) is 0 Å². The average molecular weight is 460 g/mol. The molecule has 1 aromatic carbocycles. The number of likely N-dealkylation sites (tertiary alicyclic amines) is 1. The first-order valence-corrected chi connectivity index (χ1v) is 11.2. The molecular weight excluding hydrogens is 438 g/mol. The van der Waals surface area contributed by atoms with E-state index in [0.717, 1.165) is 36.5 Å². The number of aryl methyl sites for hydroxylation is 1. The molecule has 34 heavy (non-hydrogen) atoms. The second kappa shape index (κ2) is 7.91. The lowest BCUT2D eigenvalue weighted by Crippen LogP contribution is -2.47. The van der Waals surface area contributed by atoms with Crippen LogP contribution in [0.5, 0.6) is 0 Å². The third kappa shape index (κ3) is 3.41. The maximum absolute atomic E-state index is 15.6. The van der Waals surface area contributed by atoms with Crippen LogP contribution in [-0.4, -0.2) is 59.1 Å². The monoisotopic (exact) mass is 460 g/mol. The Balaban J connectivity index is 1.36. The maximum Gasteiger partial charge on any atom is 0.177 e. The molecule has 5 aromatic rings. The Kier molecular flexibility index (Phi) is 4.84. The smallest absolute Gasteiger partial charge is 0.177 e. The van der Waals surface area contributed by atoms with Crippen molar-refractivity contribution < 1.29 is 8.78 Å². The predicted octanol–water partition coefficient (Wildman–Crippen LogP) is 3.59. The van der Waals surface area contributed by atoms with Crippen molar-refractivity contribution in [2.75, 3.05) is 19.6 Å². The molecule has 0 saturated carbocycles. The third-order valence-corrected chi connectivity index (χ3v) is 6.46. The van der Waals surface area contributed by atoms with Crippen molar-refractivity contribution in [2.45, 2.75) is 26.3 Å². The fraction of sp³-hybridized carbons (Fsp3) is 0.292. The molecule has 0 unspecified atom stereocenters. The summed E-state index contributed by atoms with van der Waals surface area (Å²) < 4.78 is 34.0. The molecule has 0 N–H and O–H groups in total. The van der Waals surface area contributed by atoms with Crippen molar-refractivity contribution in [1.82, 2.24) is 39.5 Å². The van der Waals surface area contributed by atoms with Gasteiger partial charge in [0.25, 0.3) is 0 Å². The van der Waals surface area contributed by atoms with Gasteiger partial charge in [0.05, 0.1) is 23.4 Å². The maximum atomic E-state index is 15.6. The van der Waals surface area contributed by atoms with E-state index in [1.807, 2.05) is 23.9 Å². The minimum absolute atomic E-state index is 0.0804. The van der Waals surface area contributed by atoms with Gasteiger partial charge in [-0.25, -0.2) is 8.78 Å². The van der Waals surface area contributed by atoms with E-state index in [0.29, 0.717) is 17.5 Å². The van der Waals surface area contributed by atoms with Gasteiger partial charge >= 0.3 is 0 Å². The summed E-state index contributed by atoms with van der Waals surface area (Å²) in [5.74, 6) is -0.963. The number of nitrogens with zero attached hydrogens (tertiary/aromatic N) is 8. The van der Waals surface area contributed by atoms with E-state index in [2.05, 4.69) is 37.2 Å². The number of likely N-dealkylation sites (N-methyl/N-ethyl adjacent to an activating group) is 1. The summed E-state index contributed by atoms with van der Waals surface area (Å²) in [7, 11) is 0. The number of aromatic nitrogens is 7. The first-order chi connectivity index (χ1) is 16.5. The van der Waals surface area contributed by atoms with Crippen molar-refractivity contribution in [3.8, 4) is 11.1 Å². The molecule has 0 spiro atoms. The second-order valence-electron chi connectivity index (χ2n) is 8.69. The zero-order chi connectivity index (χ0) is 23.4. The van der Waals surface area contributed by atoms with Crippen molar-refractivity contribution in [3.05, 3.63) is 71.6 Å². The number of benzene rings is 1. The number of rotatable bonds is 5. The quantitative estimate of drug-likeness (QED) is 0.399. The Labute approximate surface area is 193 Å². The highest BCUT2D eigenvalue weighted by atomic mass is 19.1. The van der Waals surface area contributed by atoms with E-state index in [4.69, 9.17) is 0 Å². The minimum Gasteiger partial charge on any atom is -0.299 e. The molecule has 5 heterocycles. The van der Waals surface area contributed by atoms with E-state index >= 15 is 4.39 Å². The van der Waals surface area contributed by atoms with Gasteiger partial charge in [0, 0.05) is 60.0 Å². The Morgan fingerprint density at radius 3 is 2.74 bits per heavy atom. The van der Waals surface area contributed by atoms with Gasteiger partial charge in [-0.05, 0) is 31.7 Å². The Morgan fingerprint density at radius 1 is 1.06 bits per heavy atom. The van der Waals surface area contributed by atoms with Gasteiger partial charge in [-0.15, -0.1) is 10.2 Å². The average Bonchev–Trinajstić information content (AvgIpc) is 3.43. The summed E-state index contributed by atoms with van der Waals surface area (Å²) in [5, 5.41) is 17.2. The van der Waals surface area contributed by atoms with Crippen LogP contribution in [0, 0.1) is 18.6 Å². The molecule has 0 radical (unpaired) electrons. The van der Waals surface area contributed by atoms with Crippen LogP contribution in [0.2, 0.25) is 0 Å². The fourth-order valence-electron chi connectivity index (χ4n) is 4.41. The molecule has 8 nitrogen and oxygen atoms in total. The molecular formula is C24H22F2N8. The molecule has 1 saturated heterocycles. The van der Waals surface area contributed by atoms with Crippen LogP contribution < -0.4 is 0 Å². The standard InChI is InChI=1S/C24H22F2N8/c1-3-32-12-17(13-32)33-11-16(10-28-33)15-6-19-21(27-9-15)8-20(25)18(24(19)26)7-23-30-29-22-5-4-14(2)31-34(22)23/h4-6,8-11,17H,3,7,12-13H2,1-2H3. The molecule has 1 aliphatic rings. The highest BCUT2D eigenvalue weighted by Crippen LogP contribution is 2.30.